The number of amidine groups is 2. The van der Waals surface area contributed by atoms with Gasteiger partial charge in [0, 0.05) is 24.1 Å². The monoisotopic (exact) mass is 497 g/mol. The number of aromatic hydroxyl groups is 1. The number of halogens is 2. The van der Waals surface area contributed by atoms with Crippen molar-refractivity contribution < 1.29 is 19.4 Å². The molecule has 0 saturated carbocycles. The largest absolute Gasteiger partial charge is 0.504 e. The number of amides is 1. The molecule has 1 saturated heterocycles. The number of carbonyl (C=O) groups excluding carboxylic acids is 1. The minimum Gasteiger partial charge on any atom is -0.504 e. The molecule has 11 heteroatoms. The van der Waals surface area contributed by atoms with Crippen LogP contribution in [0.15, 0.2) is 42.5 Å². The van der Waals surface area contributed by atoms with Crippen molar-refractivity contribution >= 4 is 42.4 Å². The summed E-state index contributed by atoms with van der Waals surface area (Å²) >= 11 is 0. The molecular weight excluding hydrogens is 469 g/mol. The van der Waals surface area contributed by atoms with Crippen LogP contribution in [0.4, 0.5) is 0 Å². The van der Waals surface area contributed by atoms with Crippen molar-refractivity contribution in [2.45, 2.75) is 19.4 Å². The van der Waals surface area contributed by atoms with Gasteiger partial charge < -0.3 is 30.5 Å². The smallest absolute Gasteiger partial charge is 0.251 e. The predicted molar refractivity (Wildman–Crippen MR) is 132 cm³/mol. The number of phenolic OH excluding ortho intramolecular Hbond substituents is 1. The van der Waals surface area contributed by atoms with Gasteiger partial charge in [-0.25, -0.2) is 0 Å². The lowest BCUT2D eigenvalue weighted by molar-refractivity contribution is 0.0947. The predicted octanol–water partition coefficient (Wildman–Crippen LogP) is 2.78. The average Bonchev–Trinajstić information content (AvgIpc) is 3.21. The van der Waals surface area contributed by atoms with Crippen molar-refractivity contribution in [1.29, 1.82) is 10.8 Å². The van der Waals surface area contributed by atoms with E-state index in [1.165, 1.54) is 18.2 Å². The van der Waals surface area contributed by atoms with Gasteiger partial charge in [-0.1, -0.05) is 0 Å². The summed E-state index contributed by atoms with van der Waals surface area (Å²) in [4.78, 5) is 14.3. The zero-order valence-electron chi connectivity index (χ0n) is 18.2. The fourth-order valence-electron chi connectivity index (χ4n) is 3.23. The summed E-state index contributed by atoms with van der Waals surface area (Å²) in [6, 6.07) is 11.3. The normalized spacial score (nSPS) is 14.5. The molecule has 0 radical (unpaired) electrons. The van der Waals surface area contributed by atoms with E-state index in [1.807, 2.05) is 4.90 Å². The second-order valence-corrected chi connectivity index (χ2v) is 7.28. The van der Waals surface area contributed by atoms with Crippen molar-refractivity contribution in [2.75, 3.05) is 26.2 Å². The Kier molecular flexibility index (Phi) is 10.8. The summed E-state index contributed by atoms with van der Waals surface area (Å²) in [5.41, 5.74) is 6.37. The quantitative estimate of drug-likeness (QED) is 0.215. The fourth-order valence-corrected chi connectivity index (χ4v) is 3.23. The first kappa shape index (κ1) is 27.9. The number of benzene rings is 2. The van der Waals surface area contributed by atoms with Crippen molar-refractivity contribution in [3.8, 4) is 17.2 Å². The number of likely N-dealkylation sites (tertiary alicyclic amines) is 1. The number of phenols is 1. The molecule has 6 N–H and O–H groups in total. The van der Waals surface area contributed by atoms with Gasteiger partial charge in [0.15, 0.2) is 11.5 Å². The molecule has 0 unspecified atom stereocenters. The van der Waals surface area contributed by atoms with Crippen molar-refractivity contribution in [3.05, 3.63) is 53.6 Å². The van der Waals surface area contributed by atoms with Gasteiger partial charge in [-0.15, -0.1) is 24.8 Å². The molecule has 1 fully saturated rings. The number of ether oxygens (including phenoxy) is 2. The molecule has 9 nitrogen and oxygen atoms in total. The van der Waals surface area contributed by atoms with E-state index >= 15 is 0 Å². The molecule has 0 aliphatic carbocycles. The lowest BCUT2D eigenvalue weighted by Gasteiger charge is -2.17. The summed E-state index contributed by atoms with van der Waals surface area (Å²) in [5, 5.41) is 27.7. The van der Waals surface area contributed by atoms with Gasteiger partial charge >= 0.3 is 0 Å². The van der Waals surface area contributed by atoms with Crippen LogP contribution >= 0.6 is 24.8 Å². The van der Waals surface area contributed by atoms with Gasteiger partial charge in [0.1, 0.15) is 24.3 Å². The Labute approximate surface area is 205 Å². The van der Waals surface area contributed by atoms with Gasteiger partial charge in [-0.2, -0.15) is 0 Å². The lowest BCUT2D eigenvalue weighted by atomic mass is 10.2. The fraction of sp³-hybridized carbons (Fsp3) is 0.318. The average molecular weight is 498 g/mol. The molecule has 0 spiro atoms. The number of nitrogen functional groups attached to an aromatic ring is 1. The number of nitrogens with zero attached hydrogens (tertiary/aromatic N) is 1. The summed E-state index contributed by atoms with van der Waals surface area (Å²) in [5.74, 6) is 1.00. The van der Waals surface area contributed by atoms with Crippen LogP contribution in [0.5, 0.6) is 17.2 Å². The number of nitrogens with two attached hydrogens (primary N) is 1. The number of carbonyl (C=O) groups is 1. The minimum absolute atomic E-state index is 0. The first-order valence-electron chi connectivity index (χ1n) is 9.98. The second-order valence-electron chi connectivity index (χ2n) is 7.28. The summed E-state index contributed by atoms with van der Waals surface area (Å²) in [6.45, 7) is 3.67. The Morgan fingerprint density at radius 1 is 1.18 bits per heavy atom. The molecule has 2 aromatic carbocycles. The summed E-state index contributed by atoms with van der Waals surface area (Å²) < 4.78 is 11.4. The Balaban J connectivity index is 0.00000272. The van der Waals surface area contributed by atoms with E-state index in [2.05, 4.69) is 5.32 Å². The molecule has 180 valence electrons. The van der Waals surface area contributed by atoms with Crippen LogP contribution in [-0.4, -0.2) is 59.9 Å². The van der Waals surface area contributed by atoms with E-state index in [1.54, 1.807) is 31.2 Å². The van der Waals surface area contributed by atoms with E-state index in [9.17, 15) is 9.90 Å². The zero-order chi connectivity index (χ0) is 22.4. The zero-order valence-corrected chi connectivity index (χ0v) is 19.8. The lowest BCUT2D eigenvalue weighted by Crippen LogP contribution is -2.28. The Hall–Kier alpha value is -3.17. The third-order valence-electron chi connectivity index (χ3n) is 4.95. The van der Waals surface area contributed by atoms with E-state index in [0.717, 1.165) is 13.0 Å². The highest BCUT2D eigenvalue weighted by molar-refractivity contribution is 5.95. The van der Waals surface area contributed by atoms with Crippen LogP contribution in [0.3, 0.4) is 0 Å². The Morgan fingerprint density at radius 3 is 2.45 bits per heavy atom. The molecular formula is C22H29Cl2N5O4. The van der Waals surface area contributed by atoms with Gasteiger partial charge in [-0.05, 0) is 49.4 Å². The van der Waals surface area contributed by atoms with Crippen LogP contribution in [-0.2, 0) is 0 Å². The maximum Gasteiger partial charge on any atom is 0.251 e. The molecule has 1 heterocycles. The maximum absolute atomic E-state index is 12.3. The first-order valence-corrected chi connectivity index (χ1v) is 9.98. The molecule has 1 amide bonds. The van der Waals surface area contributed by atoms with E-state index in [4.69, 9.17) is 26.0 Å². The molecule has 33 heavy (non-hydrogen) atoms. The molecule has 0 aromatic heterocycles. The Bertz CT molecular complexity index is 972. The van der Waals surface area contributed by atoms with Gasteiger partial charge in [0.05, 0.1) is 18.9 Å². The number of hydrogen-bond acceptors (Lipinski definition) is 6. The van der Waals surface area contributed by atoms with Crippen LogP contribution in [0.1, 0.15) is 29.3 Å². The molecule has 1 atom stereocenters. The van der Waals surface area contributed by atoms with E-state index in [-0.39, 0.29) is 67.3 Å². The number of rotatable bonds is 8. The molecule has 2 aromatic rings. The highest BCUT2D eigenvalue weighted by atomic mass is 35.5. The standard InChI is InChI=1S/C22H27N5O4.2ClH/c1-14(23)27-10-8-18(13-27)31-17-5-2-15(3-6-17)22(29)26-9-11-30-20-12-16(21(24)25)4-7-19(20)28;;/h2-7,12,18,23,28H,8-11,13H2,1H3,(H3,24,25)(H,26,29);2*1H/t18-;;/m1../s1. The topological polar surface area (TPSA) is 145 Å². The van der Waals surface area contributed by atoms with Crippen molar-refractivity contribution in [1.82, 2.24) is 10.2 Å². The van der Waals surface area contributed by atoms with Crippen molar-refractivity contribution in [3.63, 3.8) is 0 Å². The second kappa shape index (κ2) is 12.8. The van der Waals surface area contributed by atoms with Crippen LogP contribution in [0.2, 0.25) is 0 Å². The van der Waals surface area contributed by atoms with Crippen LogP contribution in [0.25, 0.3) is 0 Å². The van der Waals surface area contributed by atoms with Gasteiger partial charge in [0.25, 0.3) is 5.91 Å². The third kappa shape index (κ3) is 7.73. The maximum atomic E-state index is 12.3. The van der Waals surface area contributed by atoms with Crippen LogP contribution in [0, 0.1) is 10.8 Å². The van der Waals surface area contributed by atoms with E-state index < -0.39 is 0 Å². The van der Waals surface area contributed by atoms with Gasteiger partial charge in [-0.3, -0.25) is 15.6 Å². The minimum atomic E-state index is -0.247. The molecule has 1 aliphatic heterocycles. The highest BCUT2D eigenvalue weighted by Crippen LogP contribution is 2.26. The summed E-state index contributed by atoms with van der Waals surface area (Å²) in [6.07, 6.45) is 0.901. The first-order chi connectivity index (χ1) is 14.8. The molecule has 3 rings (SSSR count). The van der Waals surface area contributed by atoms with E-state index in [0.29, 0.717) is 29.3 Å². The molecule has 0 bridgehead atoms. The third-order valence-corrected chi connectivity index (χ3v) is 4.95. The highest BCUT2D eigenvalue weighted by Gasteiger charge is 2.24. The van der Waals surface area contributed by atoms with Crippen LogP contribution < -0.4 is 20.5 Å². The van der Waals surface area contributed by atoms with Crippen molar-refractivity contribution in [2.24, 2.45) is 5.73 Å². The summed E-state index contributed by atoms with van der Waals surface area (Å²) in [7, 11) is 0. The molecule has 1 aliphatic rings. The SMILES string of the molecule is CC(=N)N1CC[C@@H](Oc2ccc(C(=O)NCCOc3cc(C(=N)N)ccc3O)cc2)C1.Cl.Cl. The Morgan fingerprint density at radius 2 is 1.85 bits per heavy atom. The number of nitrogens with one attached hydrogen (secondary N) is 3. The van der Waals surface area contributed by atoms with Gasteiger partial charge in [0.2, 0.25) is 0 Å². The number of hydrogen-bond donors (Lipinski definition) is 5.